The van der Waals surface area contributed by atoms with Gasteiger partial charge in [-0.3, -0.25) is 10.1 Å². The van der Waals surface area contributed by atoms with Crippen molar-refractivity contribution >= 4 is 11.8 Å². The summed E-state index contributed by atoms with van der Waals surface area (Å²) in [6, 6.07) is 6.16. The molecular formula is C11H11N3O2. The highest BCUT2D eigenvalue weighted by atomic mass is 16.6. The molecule has 0 heterocycles. The van der Waals surface area contributed by atoms with Crippen LogP contribution in [0.15, 0.2) is 24.4 Å². The van der Waals surface area contributed by atoms with Gasteiger partial charge in [0.2, 0.25) is 0 Å². The normalized spacial score (nSPS) is 10.1. The summed E-state index contributed by atoms with van der Waals surface area (Å²) in [5.74, 6) is 0. The average Bonchev–Trinajstić information content (AvgIpc) is 2.25. The van der Waals surface area contributed by atoms with Crippen molar-refractivity contribution in [3.63, 3.8) is 0 Å². The van der Waals surface area contributed by atoms with Gasteiger partial charge in [0, 0.05) is 31.8 Å². The van der Waals surface area contributed by atoms with E-state index in [0.717, 1.165) is 0 Å². The van der Waals surface area contributed by atoms with Crippen molar-refractivity contribution in [2.45, 2.75) is 0 Å². The molecule has 0 aromatic heterocycles. The van der Waals surface area contributed by atoms with Crippen LogP contribution in [0.1, 0.15) is 11.1 Å². The zero-order chi connectivity index (χ0) is 12.1. The minimum atomic E-state index is -0.478. The van der Waals surface area contributed by atoms with Crippen molar-refractivity contribution in [2.24, 2.45) is 0 Å². The van der Waals surface area contributed by atoms with Gasteiger partial charge in [0.1, 0.15) is 0 Å². The highest BCUT2D eigenvalue weighted by Crippen LogP contribution is 2.18. The molecule has 0 radical (unpaired) electrons. The van der Waals surface area contributed by atoms with Crippen molar-refractivity contribution in [1.29, 1.82) is 5.26 Å². The lowest BCUT2D eigenvalue weighted by Gasteiger charge is -2.04. The van der Waals surface area contributed by atoms with Gasteiger partial charge in [-0.05, 0) is 18.3 Å². The molecule has 0 aliphatic heterocycles. The van der Waals surface area contributed by atoms with Gasteiger partial charge in [0.05, 0.1) is 16.6 Å². The lowest BCUT2D eigenvalue weighted by molar-refractivity contribution is -0.384. The van der Waals surface area contributed by atoms with E-state index >= 15 is 0 Å². The highest BCUT2D eigenvalue weighted by Gasteiger charge is 2.08. The lowest BCUT2D eigenvalue weighted by Crippen LogP contribution is -2.00. The molecule has 0 N–H and O–H groups in total. The Labute approximate surface area is 93.4 Å². The molecule has 5 nitrogen and oxygen atoms in total. The van der Waals surface area contributed by atoms with Crippen molar-refractivity contribution < 1.29 is 4.92 Å². The number of hydrogen-bond acceptors (Lipinski definition) is 4. The van der Waals surface area contributed by atoms with E-state index < -0.39 is 4.92 Å². The van der Waals surface area contributed by atoms with Gasteiger partial charge in [-0.1, -0.05) is 0 Å². The number of benzene rings is 1. The number of nitriles is 1. The average molecular weight is 217 g/mol. The number of rotatable bonds is 3. The first-order chi connectivity index (χ1) is 7.54. The summed E-state index contributed by atoms with van der Waals surface area (Å²) < 4.78 is 0. The van der Waals surface area contributed by atoms with Crippen LogP contribution in [-0.2, 0) is 0 Å². The third-order valence-electron chi connectivity index (χ3n) is 1.92. The number of nitro groups is 1. The van der Waals surface area contributed by atoms with Crippen LogP contribution < -0.4 is 0 Å². The van der Waals surface area contributed by atoms with Crippen molar-refractivity contribution in [1.82, 2.24) is 4.90 Å². The summed E-state index contributed by atoms with van der Waals surface area (Å²) in [6.45, 7) is 0. The molecule has 0 aliphatic rings. The van der Waals surface area contributed by atoms with E-state index in [0.29, 0.717) is 11.1 Å². The number of nitro benzene ring substituents is 1. The Morgan fingerprint density at radius 2 is 2.19 bits per heavy atom. The van der Waals surface area contributed by atoms with E-state index in [2.05, 4.69) is 0 Å². The number of hydrogen-bond donors (Lipinski definition) is 0. The van der Waals surface area contributed by atoms with Crippen LogP contribution in [0.4, 0.5) is 5.69 Å². The summed E-state index contributed by atoms with van der Waals surface area (Å²) in [6.07, 6.45) is 3.41. The quantitative estimate of drug-likeness (QED) is 0.573. The molecule has 82 valence electrons. The first kappa shape index (κ1) is 11.7. The van der Waals surface area contributed by atoms with Crippen molar-refractivity contribution in [2.75, 3.05) is 14.1 Å². The second-order valence-corrected chi connectivity index (χ2v) is 3.42. The molecule has 1 rings (SSSR count). The Bertz CT molecular complexity index is 473. The topological polar surface area (TPSA) is 70.2 Å². The van der Waals surface area contributed by atoms with Crippen LogP contribution >= 0.6 is 0 Å². The Morgan fingerprint density at radius 1 is 1.50 bits per heavy atom. The zero-order valence-corrected chi connectivity index (χ0v) is 9.04. The van der Waals surface area contributed by atoms with Crippen LogP contribution in [0.5, 0.6) is 0 Å². The molecule has 0 amide bonds. The fraction of sp³-hybridized carbons (Fsp3) is 0.182. The van der Waals surface area contributed by atoms with Crippen LogP contribution in [0, 0.1) is 21.4 Å². The Kier molecular flexibility index (Phi) is 3.62. The maximum atomic E-state index is 10.6. The minimum Gasteiger partial charge on any atom is -0.383 e. The van der Waals surface area contributed by atoms with E-state index in [-0.39, 0.29) is 5.69 Å². The largest absolute Gasteiger partial charge is 0.383 e. The first-order valence-corrected chi connectivity index (χ1v) is 4.58. The monoisotopic (exact) mass is 217 g/mol. The Hall–Kier alpha value is -2.35. The molecule has 5 heteroatoms. The van der Waals surface area contributed by atoms with E-state index in [1.165, 1.54) is 18.2 Å². The summed E-state index contributed by atoms with van der Waals surface area (Å²) in [7, 11) is 3.67. The molecule has 0 saturated carbocycles. The van der Waals surface area contributed by atoms with E-state index in [1.54, 1.807) is 17.2 Å². The van der Waals surface area contributed by atoms with Crippen LogP contribution in [0.3, 0.4) is 0 Å². The minimum absolute atomic E-state index is 0.0163. The second kappa shape index (κ2) is 4.94. The van der Waals surface area contributed by atoms with E-state index in [1.807, 2.05) is 20.2 Å². The summed E-state index contributed by atoms with van der Waals surface area (Å²) >= 11 is 0. The SMILES string of the molecule is CN(C)C=Cc1cc([N+](=O)[O-])ccc1C#N. The second-order valence-electron chi connectivity index (χ2n) is 3.42. The number of nitrogens with zero attached hydrogens (tertiary/aromatic N) is 3. The third-order valence-corrected chi connectivity index (χ3v) is 1.92. The maximum absolute atomic E-state index is 10.6. The summed E-state index contributed by atoms with van der Waals surface area (Å²) in [5, 5.41) is 19.4. The zero-order valence-electron chi connectivity index (χ0n) is 9.04. The van der Waals surface area contributed by atoms with E-state index in [4.69, 9.17) is 5.26 Å². The standard InChI is InChI=1S/C11H11N3O2/c1-13(2)6-5-9-7-11(14(15)16)4-3-10(9)8-12/h3-7H,1-2H3. The first-order valence-electron chi connectivity index (χ1n) is 4.58. The van der Waals surface area contributed by atoms with Crippen LogP contribution in [0.2, 0.25) is 0 Å². The highest BCUT2D eigenvalue weighted by molar-refractivity contribution is 5.61. The predicted octanol–water partition coefficient (Wildman–Crippen LogP) is 2.00. The molecule has 0 unspecified atom stereocenters. The Morgan fingerprint density at radius 3 is 2.69 bits per heavy atom. The van der Waals surface area contributed by atoms with Gasteiger partial charge in [0.15, 0.2) is 0 Å². The maximum Gasteiger partial charge on any atom is 0.270 e. The molecule has 0 fully saturated rings. The molecule has 0 atom stereocenters. The summed E-state index contributed by atoms with van der Waals surface area (Å²) in [4.78, 5) is 11.9. The molecule has 1 aromatic rings. The van der Waals surface area contributed by atoms with Gasteiger partial charge < -0.3 is 4.90 Å². The molecule has 0 aliphatic carbocycles. The molecule has 0 spiro atoms. The number of non-ortho nitro benzene ring substituents is 1. The molecular weight excluding hydrogens is 206 g/mol. The van der Waals surface area contributed by atoms with Gasteiger partial charge in [0.25, 0.3) is 5.69 Å². The smallest absolute Gasteiger partial charge is 0.270 e. The van der Waals surface area contributed by atoms with Gasteiger partial charge in [-0.15, -0.1) is 0 Å². The van der Waals surface area contributed by atoms with Crippen LogP contribution in [0.25, 0.3) is 6.08 Å². The lowest BCUT2D eigenvalue weighted by atomic mass is 10.1. The predicted molar refractivity (Wildman–Crippen MR) is 60.5 cm³/mol. The molecule has 0 saturated heterocycles. The van der Waals surface area contributed by atoms with Gasteiger partial charge in [-0.25, -0.2) is 0 Å². The van der Waals surface area contributed by atoms with Crippen molar-refractivity contribution in [3.8, 4) is 6.07 Å². The van der Waals surface area contributed by atoms with Gasteiger partial charge >= 0.3 is 0 Å². The van der Waals surface area contributed by atoms with Crippen molar-refractivity contribution in [3.05, 3.63) is 45.6 Å². The molecule has 16 heavy (non-hydrogen) atoms. The van der Waals surface area contributed by atoms with Crippen LogP contribution in [-0.4, -0.2) is 23.9 Å². The summed E-state index contributed by atoms with van der Waals surface area (Å²) in [5.41, 5.74) is 0.950. The molecule has 0 bridgehead atoms. The van der Waals surface area contributed by atoms with Gasteiger partial charge in [-0.2, -0.15) is 5.26 Å². The van der Waals surface area contributed by atoms with E-state index in [9.17, 15) is 10.1 Å². The third kappa shape index (κ3) is 2.82. The molecule has 1 aromatic carbocycles. The Balaban J connectivity index is 3.18. The fourth-order valence-electron chi connectivity index (χ4n) is 1.13. The fourth-order valence-corrected chi connectivity index (χ4v) is 1.13.